The Morgan fingerprint density at radius 3 is 2.62 bits per heavy atom. The maximum atomic E-state index is 12.1. The van der Waals surface area contributed by atoms with Crippen LogP contribution in [-0.2, 0) is 20.7 Å². The molecule has 2 aromatic carbocycles. The molecule has 0 spiro atoms. The van der Waals surface area contributed by atoms with Gasteiger partial charge in [-0.2, -0.15) is 0 Å². The van der Waals surface area contributed by atoms with Crippen LogP contribution in [0.25, 0.3) is 11.0 Å². The van der Waals surface area contributed by atoms with Crippen LogP contribution in [0, 0.1) is 20.8 Å². The van der Waals surface area contributed by atoms with Crippen molar-refractivity contribution in [3.05, 3.63) is 64.9 Å². The van der Waals surface area contributed by atoms with Crippen molar-refractivity contribution in [1.82, 2.24) is 0 Å². The summed E-state index contributed by atoms with van der Waals surface area (Å²) in [6.45, 7) is 5.65. The van der Waals surface area contributed by atoms with E-state index in [1.165, 1.54) is 0 Å². The summed E-state index contributed by atoms with van der Waals surface area (Å²) < 4.78 is 10.6. The van der Waals surface area contributed by atoms with Gasteiger partial charge in [-0.25, -0.2) is 0 Å². The van der Waals surface area contributed by atoms with Crippen LogP contribution in [0.4, 0.5) is 5.69 Å². The molecule has 0 aliphatic heterocycles. The minimum Gasteiger partial charge on any atom is -0.464 e. The van der Waals surface area contributed by atoms with E-state index in [2.05, 4.69) is 5.32 Å². The first-order valence-electron chi connectivity index (χ1n) is 8.42. The molecule has 0 unspecified atom stereocenters. The lowest BCUT2D eigenvalue weighted by atomic mass is 10.0. The molecule has 0 aliphatic rings. The Morgan fingerprint density at radius 2 is 1.85 bits per heavy atom. The van der Waals surface area contributed by atoms with E-state index in [9.17, 15) is 9.59 Å². The van der Waals surface area contributed by atoms with Crippen molar-refractivity contribution in [3.63, 3.8) is 0 Å². The first kappa shape index (κ1) is 17.7. The summed E-state index contributed by atoms with van der Waals surface area (Å²) in [5.74, 6) is -0.835. The number of fused-ring (bicyclic) bond motifs is 1. The predicted octanol–water partition coefficient (Wildman–Crippen LogP) is 4.08. The summed E-state index contributed by atoms with van der Waals surface area (Å²) in [4.78, 5) is 24.0. The molecule has 0 bridgehead atoms. The van der Waals surface area contributed by atoms with Crippen LogP contribution in [-0.4, -0.2) is 18.5 Å². The van der Waals surface area contributed by atoms with Crippen molar-refractivity contribution in [2.45, 2.75) is 27.2 Å². The highest BCUT2D eigenvalue weighted by atomic mass is 16.5. The number of esters is 1. The topological polar surface area (TPSA) is 68.5 Å². The third-order valence-electron chi connectivity index (χ3n) is 4.27. The van der Waals surface area contributed by atoms with Gasteiger partial charge in [-0.1, -0.05) is 12.1 Å². The van der Waals surface area contributed by atoms with E-state index in [-0.39, 0.29) is 18.9 Å². The Hall–Kier alpha value is -3.08. The Labute approximate surface area is 152 Å². The number of benzene rings is 2. The summed E-state index contributed by atoms with van der Waals surface area (Å²) in [6, 6.07) is 11.4. The van der Waals surface area contributed by atoms with Gasteiger partial charge in [0.25, 0.3) is 5.91 Å². The van der Waals surface area contributed by atoms with Gasteiger partial charge in [0, 0.05) is 16.6 Å². The lowest BCUT2D eigenvalue weighted by Crippen LogP contribution is -2.21. The van der Waals surface area contributed by atoms with Gasteiger partial charge in [0.1, 0.15) is 5.58 Å². The molecule has 1 heterocycles. The van der Waals surface area contributed by atoms with Gasteiger partial charge in [0.2, 0.25) is 0 Å². The Balaban J connectivity index is 1.57. The van der Waals surface area contributed by atoms with Gasteiger partial charge in [0.05, 0.1) is 12.7 Å². The minimum absolute atomic E-state index is 0.0627. The normalized spacial score (nSPS) is 10.7. The van der Waals surface area contributed by atoms with E-state index >= 15 is 0 Å². The zero-order valence-electron chi connectivity index (χ0n) is 15.1. The number of anilines is 1. The lowest BCUT2D eigenvalue weighted by molar-refractivity contribution is -0.146. The number of hydrogen-bond acceptors (Lipinski definition) is 4. The van der Waals surface area contributed by atoms with Gasteiger partial charge < -0.3 is 14.5 Å². The molecule has 1 amide bonds. The van der Waals surface area contributed by atoms with Crippen molar-refractivity contribution in [3.8, 4) is 0 Å². The number of carbonyl (C=O) groups excluding carboxylic acids is 2. The molecule has 134 valence electrons. The van der Waals surface area contributed by atoms with Crippen molar-refractivity contribution in [1.29, 1.82) is 0 Å². The van der Waals surface area contributed by atoms with Crippen molar-refractivity contribution in [2.24, 2.45) is 0 Å². The minimum atomic E-state index is -0.467. The second-order valence-electron chi connectivity index (χ2n) is 6.45. The molecular formula is C21H21NO4. The largest absolute Gasteiger partial charge is 0.464 e. The first-order valence-corrected chi connectivity index (χ1v) is 8.42. The summed E-state index contributed by atoms with van der Waals surface area (Å²) in [7, 11) is 0. The maximum absolute atomic E-state index is 12.1. The summed E-state index contributed by atoms with van der Waals surface area (Å²) in [6.07, 6.45) is 1.63. The average Bonchev–Trinajstić information content (AvgIpc) is 2.95. The molecule has 1 N–H and O–H groups in total. The molecule has 0 saturated carbocycles. The monoisotopic (exact) mass is 351 g/mol. The van der Waals surface area contributed by atoms with Gasteiger partial charge in [-0.15, -0.1) is 0 Å². The fourth-order valence-corrected chi connectivity index (χ4v) is 2.75. The highest BCUT2D eigenvalue weighted by molar-refractivity contribution is 5.93. The van der Waals surface area contributed by atoms with Crippen molar-refractivity contribution in [2.75, 3.05) is 11.9 Å². The zero-order chi connectivity index (χ0) is 18.7. The highest BCUT2D eigenvalue weighted by Crippen LogP contribution is 2.25. The lowest BCUT2D eigenvalue weighted by Gasteiger charge is -2.07. The third-order valence-corrected chi connectivity index (χ3v) is 4.27. The van der Waals surface area contributed by atoms with Crippen LogP contribution in [0.2, 0.25) is 0 Å². The van der Waals surface area contributed by atoms with Crippen LogP contribution in [0.1, 0.15) is 22.3 Å². The molecular weight excluding hydrogens is 330 g/mol. The smallest absolute Gasteiger partial charge is 0.310 e. The Kier molecular flexibility index (Phi) is 5.07. The summed E-state index contributed by atoms with van der Waals surface area (Å²) in [5, 5.41) is 3.60. The van der Waals surface area contributed by atoms with Crippen LogP contribution in [0.15, 0.2) is 47.1 Å². The number of amides is 1. The van der Waals surface area contributed by atoms with Gasteiger partial charge in [-0.3, -0.25) is 9.59 Å². The molecule has 0 saturated heterocycles. The second-order valence-corrected chi connectivity index (χ2v) is 6.45. The number of ether oxygens (including phenoxy) is 1. The molecule has 0 atom stereocenters. The van der Waals surface area contributed by atoms with Crippen molar-refractivity contribution >= 4 is 28.5 Å². The molecule has 26 heavy (non-hydrogen) atoms. The number of nitrogens with one attached hydrogen (secondary N) is 1. The number of aryl methyl sites for hydroxylation is 3. The SMILES string of the molecule is Cc1cccc(NC(=O)COC(=O)Cc2coc3cc(C)c(C)cc23)c1. The van der Waals surface area contributed by atoms with E-state index in [0.29, 0.717) is 5.69 Å². The van der Waals surface area contributed by atoms with E-state index in [1.54, 1.807) is 12.3 Å². The van der Waals surface area contributed by atoms with Gasteiger partial charge in [0.15, 0.2) is 6.61 Å². The third kappa shape index (κ3) is 4.11. The van der Waals surface area contributed by atoms with E-state index in [4.69, 9.17) is 9.15 Å². The Bertz CT molecular complexity index is 971. The first-order chi connectivity index (χ1) is 12.4. The number of hydrogen-bond donors (Lipinski definition) is 1. The van der Waals surface area contributed by atoms with E-state index < -0.39 is 5.97 Å². The highest BCUT2D eigenvalue weighted by Gasteiger charge is 2.14. The second kappa shape index (κ2) is 7.44. The maximum Gasteiger partial charge on any atom is 0.310 e. The van der Waals surface area contributed by atoms with Gasteiger partial charge >= 0.3 is 5.97 Å². The molecule has 1 aromatic heterocycles. The fraction of sp³-hybridized carbons (Fsp3) is 0.238. The van der Waals surface area contributed by atoms with Crippen LogP contribution in [0.5, 0.6) is 0 Å². The standard InChI is InChI=1S/C21H21NO4/c1-13-5-4-6-17(7-13)22-20(23)12-26-21(24)10-16-11-25-19-9-15(3)14(2)8-18(16)19/h4-9,11H,10,12H2,1-3H3,(H,22,23). The number of carbonyl (C=O) groups is 2. The van der Waals surface area contributed by atoms with E-state index in [0.717, 1.165) is 33.2 Å². The van der Waals surface area contributed by atoms with Crippen molar-refractivity contribution < 1.29 is 18.7 Å². The summed E-state index contributed by atoms with van der Waals surface area (Å²) in [5.41, 5.74) is 5.48. The molecule has 5 nitrogen and oxygen atoms in total. The zero-order valence-corrected chi connectivity index (χ0v) is 15.1. The Morgan fingerprint density at radius 1 is 1.08 bits per heavy atom. The fourth-order valence-electron chi connectivity index (χ4n) is 2.75. The molecule has 0 aliphatic carbocycles. The van der Waals surface area contributed by atoms with E-state index in [1.807, 2.05) is 51.1 Å². The van der Waals surface area contributed by atoms with Crippen LogP contribution in [0.3, 0.4) is 0 Å². The average molecular weight is 351 g/mol. The molecule has 0 radical (unpaired) electrons. The molecule has 3 aromatic rings. The molecule has 5 heteroatoms. The van der Waals surface area contributed by atoms with Crippen LogP contribution >= 0.6 is 0 Å². The molecule has 3 rings (SSSR count). The summed E-state index contributed by atoms with van der Waals surface area (Å²) >= 11 is 0. The predicted molar refractivity (Wildman–Crippen MR) is 100 cm³/mol. The number of rotatable bonds is 5. The van der Waals surface area contributed by atoms with Crippen LogP contribution < -0.4 is 5.32 Å². The van der Waals surface area contributed by atoms with Gasteiger partial charge in [-0.05, 0) is 61.7 Å². The quantitative estimate of drug-likeness (QED) is 0.703. The number of furan rings is 1. The molecule has 0 fully saturated rings.